The van der Waals surface area contributed by atoms with Crippen LogP contribution in [0.4, 0.5) is 5.82 Å². The predicted octanol–water partition coefficient (Wildman–Crippen LogP) is 3.90. The first-order valence-electron chi connectivity index (χ1n) is 8.11. The first-order valence-corrected chi connectivity index (χ1v) is 8.91. The zero-order valence-electron chi connectivity index (χ0n) is 14.1. The van der Waals surface area contributed by atoms with Crippen molar-refractivity contribution >= 4 is 33.3 Å². The average Bonchev–Trinajstić information content (AvgIpc) is 3.23. The summed E-state index contributed by atoms with van der Waals surface area (Å²) in [5, 5.41) is 7.19. The highest BCUT2D eigenvalue weighted by molar-refractivity contribution is 9.10. The largest absolute Gasteiger partial charge is 0.306 e. The van der Waals surface area contributed by atoms with Crippen LogP contribution in [-0.4, -0.2) is 25.1 Å². The molecule has 4 aromatic rings. The third-order valence-corrected chi connectivity index (χ3v) is 4.58. The van der Waals surface area contributed by atoms with Gasteiger partial charge in [-0.1, -0.05) is 28.1 Å². The van der Waals surface area contributed by atoms with Crippen LogP contribution in [0.5, 0.6) is 0 Å². The van der Waals surface area contributed by atoms with Crippen LogP contribution in [0.1, 0.15) is 21.6 Å². The van der Waals surface area contributed by atoms with Gasteiger partial charge in [0.25, 0.3) is 5.91 Å². The van der Waals surface area contributed by atoms with Crippen molar-refractivity contribution in [3.63, 3.8) is 0 Å². The molecule has 0 saturated carbocycles. The summed E-state index contributed by atoms with van der Waals surface area (Å²) in [6, 6.07) is 13.7. The second-order valence-corrected chi connectivity index (χ2v) is 6.97. The molecule has 1 N–H and O–H groups in total. The second-order valence-electron chi connectivity index (χ2n) is 6.05. The van der Waals surface area contributed by atoms with E-state index in [2.05, 4.69) is 31.3 Å². The summed E-state index contributed by atoms with van der Waals surface area (Å²) in [6.07, 6.45) is 5.28. The van der Waals surface area contributed by atoms with Crippen molar-refractivity contribution in [2.24, 2.45) is 0 Å². The van der Waals surface area contributed by atoms with Crippen LogP contribution in [-0.2, 0) is 6.54 Å². The van der Waals surface area contributed by atoms with Crippen LogP contribution >= 0.6 is 15.9 Å². The summed E-state index contributed by atoms with van der Waals surface area (Å²) in [5.41, 5.74) is 3.31. The number of hydrogen-bond acceptors (Lipinski definition) is 3. The Balaban J connectivity index is 1.54. The average molecular weight is 410 g/mol. The van der Waals surface area contributed by atoms with E-state index in [0.717, 1.165) is 21.2 Å². The molecule has 4 rings (SSSR count). The van der Waals surface area contributed by atoms with Gasteiger partial charge < -0.3 is 9.72 Å². The third-order valence-electron chi connectivity index (χ3n) is 4.05. The van der Waals surface area contributed by atoms with E-state index in [1.807, 2.05) is 53.9 Å². The zero-order valence-corrected chi connectivity index (χ0v) is 15.6. The highest BCUT2D eigenvalue weighted by Gasteiger charge is 2.13. The van der Waals surface area contributed by atoms with Crippen molar-refractivity contribution in [1.82, 2.24) is 19.2 Å². The topological polar surface area (TPSA) is 64.2 Å². The highest BCUT2D eigenvalue weighted by atomic mass is 79.9. The molecule has 0 fully saturated rings. The fraction of sp³-hybridized carbons (Fsp3) is 0.105. The number of imidazole rings is 1. The molecule has 130 valence electrons. The number of halogens is 1. The van der Waals surface area contributed by atoms with Gasteiger partial charge in [-0.2, -0.15) is 5.10 Å². The Bertz CT molecular complexity index is 1080. The Kier molecular flexibility index (Phi) is 4.30. The number of pyridine rings is 1. The van der Waals surface area contributed by atoms with E-state index in [1.54, 1.807) is 23.1 Å². The van der Waals surface area contributed by atoms with Crippen molar-refractivity contribution < 1.29 is 4.79 Å². The molecule has 0 radical (unpaired) electrons. The maximum absolute atomic E-state index is 12.6. The van der Waals surface area contributed by atoms with Gasteiger partial charge in [0.1, 0.15) is 17.2 Å². The van der Waals surface area contributed by atoms with E-state index in [9.17, 15) is 4.79 Å². The number of carbonyl (C=O) groups is 1. The summed E-state index contributed by atoms with van der Waals surface area (Å²) in [7, 11) is 0. The smallest absolute Gasteiger partial charge is 0.277 e. The third kappa shape index (κ3) is 3.39. The lowest BCUT2D eigenvalue weighted by atomic mass is 10.2. The van der Waals surface area contributed by atoms with Crippen molar-refractivity contribution in [3.05, 3.63) is 82.3 Å². The maximum atomic E-state index is 12.6. The van der Waals surface area contributed by atoms with Crippen LogP contribution in [0.2, 0.25) is 0 Å². The molecular formula is C19H16BrN5O. The van der Waals surface area contributed by atoms with E-state index in [0.29, 0.717) is 18.1 Å². The summed E-state index contributed by atoms with van der Waals surface area (Å²) >= 11 is 3.43. The Hall–Kier alpha value is -2.93. The van der Waals surface area contributed by atoms with Crippen LogP contribution in [0, 0.1) is 6.92 Å². The molecule has 1 aromatic carbocycles. The minimum Gasteiger partial charge on any atom is -0.306 e. The Morgan fingerprint density at radius 2 is 2.00 bits per heavy atom. The van der Waals surface area contributed by atoms with E-state index >= 15 is 0 Å². The van der Waals surface area contributed by atoms with E-state index < -0.39 is 0 Å². The molecule has 0 saturated heterocycles. The van der Waals surface area contributed by atoms with E-state index in [-0.39, 0.29) is 5.91 Å². The minimum atomic E-state index is -0.260. The number of rotatable bonds is 4. The van der Waals surface area contributed by atoms with Gasteiger partial charge in [0.05, 0.1) is 12.7 Å². The Morgan fingerprint density at radius 3 is 2.81 bits per heavy atom. The highest BCUT2D eigenvalue weighted by Crippen LogP contribution is 2.15. The molecule has 0 bridgehead atoms. The molecule has 3 heterocycles. The molecular weight excluding hydrogens is 394 g/mol. The fourth-order valence-corrected chi connectivity index (χ4v) is 2.97. The van der Waals surface area contributed by atoms with Crippen molar-refractivity contribution in [2.45, 2.75) is 13.5 Å². The molecule has 1 amide bonds. The fourth-order valence-electron chi connectivity index (χ4n) is 2.70. The van der Waals surface area contributed by atoms with Gasteiger partial charge in [-0.15, -0.1) is 0 Å². The lowest BCUT2D eigenvalue weighted by molar-refractivity contribution is 0.102. The van der Waals surface area contributed by atoms with E-state index in [4.69, 9.17) is 0 Å². The van der Waals surface area contributed by atoms with Crippen LogP contribution in [0.25, 0.3) is 5.65 Å². The number of carbonyl (C=O) groups excluding carboxylic acids is 1. The second kappa shape index (κ2) is 6.76. The predicted molar refractivity (Wildman–Crippen MR) is 103 cm³/mol. The molecule has 0 atom stereocenters. The summed E-state index contributed by atoms with van der Waals surface area (Å²) in [6.45, 7) is 2.56. The number of fused-ring (bicyclic) bond motifs is 1. The molecule has 0 unspecified atom stereocenters. The van der Waals surface area contributed by atoms with Crippen LogP contribution in [0.3, 0.4) is 0 Å². The van der Waals surface area contributed by atoms with Crippen LogP contribution in [0.15, 0.2) is 65.5 Å². The zero-order chi connectivity index (χ0) is 18.1. The molecule has 0 aliphatic carbocycles. The normalized spacial score (nSPS) is 11.0. The number of benzene rings is 1. The van der Waals surface area contributed by atoms with Crippen molar-refractivity contribution in [1.29, 1.82) is 0 Å². The van der Waals surface area contributed by atoms with Gasteiger partial charge in [-0.05, 0) is 42.3 Å². The Labute approximate surface area is 158 Å². The van der Waals surface area contributed by atoms with Gasteiger partial charge >= 0.3 is 0 Å². The number of aromatic nitrogens is 4. The summed E-state index contributed by atoms with van der Waals surface area (Å²) in [5.74, 6) is 0.370. The van der Waals surface area contributed by atoms with Crippen molar-refractivity contribution in [3.8, 4) is 0 Å². The number of anilines is 1. The van der Waals surface area contributed by atoms with Gasteiger partial charge in [-0.3, -0.25) is 4.79 Å². The van der Waals surface area contributed by atoms with Crippen molar-refractivity contribution in [2.75, 3.05) is 5.32 Å². The lowest BCUT2D eigenvalue weighted by Gasteiger charge is -2.08. The molecule has 7 heteroatoms. The summed E-state index contributed by atoms with van der Waals surface area (Å²) in [4.78, 5) is 17.0. The molecule has 0 aliphatic heterocycles. The van der Waals surface area contributed by atoms with Gasteiger partial charge in [0.15, 0.2) is 0 Å². The number of hydrogen-bond donors (Lipinski definition) is 1. The molecule has 26 heavy (non-hydrogen) atoms. The number of nitrogens with one attached hydrogen (secondary N) is 1. The maximum Gasteiger partial charge on any atom is 0.277 e. The lowest BCUT2D eigenvalue weighted by Crippen LogP contribution is -2.16. The summed E-state index contributed by atoms with van der Waals surface area (Å²) < 4.78 is 4.61. The molecule has 3 aromatic heterocycles. The number of nitrogens with zero attached hydrogens (tertiary/aromatic N) is 4. The van der Waals surface area contributed by atoms with Gasteiger partial charge in [-0.25, -0.2) is 9.67 Å². The van der Waals surface area contributed by atoms with Gasteiger partial charge in [0, 0.05) is 22.9 Å². The number of amides is 1. The standard InChI is InChI=1S/C19H16BrN5O/c1-13-7-9-24-12-16(22-18(24)10-13)19(26)23-17-6-8-21-25(17)11-14-2-4-15(20)5-3-14/h2-10,12H,11H2,1H3,(H,23,26). The molecule has 0 aliphatic rings. The molecule has 6 nitrogen and oxygen atoms in total. The monoisotopic (exact) mass is 409 g/mol. The van der Waals surface area contributed by atoms with Crippen LogP contribution < -0.4 is 5.32 Å². The first kappa shape index (κ1) is 16.5. The number of aryl methyl sites for hydroxylation is 1. The van der Waals surface area contributed by atoms with Gasteiger partial charge in [0.2, 0.25) is 0 Å². The SMILES string of the molecule is Cc1ccn2cc(C(=O)Nc3ccnn3Cc3ccc(Br)cc3)nc2c1. The van der Waals surface area contributed by atoms with E-state index in [1.165, 1.54) is 0 Å². The molecule has 0 spiro atoms. The first-order chi connectivity index (χ1) is 12.6. The Morgan fingerprint density at radius 1 is 1.19 bits per heavy atom. The minimum absolute atomic E-state index is 0.260. The quantitative estimate of drug-likeness (QED) is 0.555.